The molecule has 2 rings (SSSR count). The lowest BCUT2D eigenvalue weighted by Gasteiger charge is -2.28. The maximum absolute atomic E-state index is 5.48. The predicted molar refractivity (Wildman–Crippen MR) is 136 cm³/mol. The van der Waals surface area contributed by atoms with Crippen molar-refractivity contribution in [2.24, 2.45) is 10.9 Å². The monoisotopic (exact) mass is 533 g/mol. The lowest BCUT2D eigenvalue weighted by atomic mass is 10.0. The van der Waals surface area contributed by atoms with Gasteiger partial charge < -0.3 is 25.0 Å². The number of likely N-dealkylation sites (tertiary alicyclic amines) is 1. The van der Waals surface area contributed by atoms with Gasteiger partial charge in [0.05, 0.1) is 20.3 Å². The maximum atomic E-state index is 5.48. The third-order valence-corrected chi connectivity index (χ3v) is 5.80. The van der Waals surface area contributed by atoms with Crippen LogP contribution < -0.4 is 20.1 Å². The van der Waals surface area contributed by atoms with Crippen LogP contribution in [0, 0.1) is 5.92 Å². The highest BCUT2D eigenvalue weighted by Crippen LogP contribution is 2.31. The molecule has 1 aliphatic heterocycles. The van der Waals surface area contributed by atoms with Gasteiger partial charge in [0.25, 0.3) is 0 Å². The summed E-state index contributed by atoms with van der Waals surface area (Å²) in [5.74, 6) is 2.92. The fraction of sp³-hybridized carbons (Fsp3) is 0.682. The van der Waals surface area contributed by atoms with Crippen molar-refractivity contribution >= 4 is 29.9 Å². The van der Waals surface area contributed by atoms with Crippen LogP contribution in [-0.2, 0) is 0 Å². The molecule has 1 aliphatic rings. The first-order valence-corrected chi connectivity index (χ1v) is 10.4. The number of halogens is 1. The summed E-state index contributed by atoms with van der Waals surface area (Å²) in [5, 5.41) is 7.13. The van der Waals surface area contributed by atoms with Crippen molar-refractivity contribution in [3.05, 3.63) is 23.8 Å². The molecule has 8 heteroatoms. The Kier molecular flexibility index (Phi) is 11.2. The summed E-state index contributed by atoms with van der Waals surface area (Å²) in [6.07, 6.45) is 0. The van der Waals surface area contributed by atoms with Gasteiger partial charge in [-0.25, -0.2) is 0 Å². The summed E-state index contributed by atoms with van der Waals surface area (Å²) in [4.78, 5) is 9.17. The zero-order valence-electron chi connectivity index (χ0n) is 19.7. The maximum Gasteiger partial charge on any atom is 0.191 e. The van der Waals surface area contributed by atoms with Gasteiger partial charge in [-0.15, -0.1) is 24.0 Å². The van der Waals surface area contributed by atoms with E-state index in [1.165, 1.54) is 0 Å². The van der Waals surface area contributed by atoms with Gasteiger partial charge in [0.2, 0.25) is 0 Å². The second kappa shape index (κ2) is 12.6. The minimum Gasteiger partial charge on any atom is -0.493 e. The molecule has 172 valence electrons. The van der Waals surface area contributed by atoms with Gasteiger partial charge in [0.15, 0.2) is 17.5 Å². The first kappa shape index (κ1) is 26.8. The smallest absolute Gasteiger partial charge is 0.191 e. The second-order valence-electron chi connectivity index (χ2n) is 8.32. The van der Waals surface area contributed by atoms with Crippen LogP contribution in [-0.4, -0.2) is 82.8 Å². The molecule has 0 spiro atoms. The largest absolute Gasteiger partial charge is 0.493 e. The van der Waals surface area contributed by atoms with Crippen LogP contribution in [0.25, 0.3) is 0 Å². The minimum absolute atomic E-state index is 0. The van der Waals surface area contributed by atoms with Crippen molar-refractivity contribution in [1.29, 1.82) is 0 Å². The van der Waals surface area contributed by atoms with Crippen LogP contribution in [0.2, 0.25) is 0 Å². The number of guanidine groups is 1. The molecular weight excluding hydrogens is 493 g/mol. The van der Waals surface area contributed by atoms with E-state index in [1.807, 2.05) is 19.2 Å². The number of rotatable bonds is 8. The quantitative estimate of drug-likeness (QED) is 0.305. The number of ether oxygens (including phenoxy) is 2. The van der Waals surface area contributed by atoms with Gasteiger partial charge >= 0.3 is 0 Å². The van der Waals surface area contributed by atoms with E-state index >= 15 is 0 Å². The zero-order chi connectivity index (χ0) is 21.6. The van der Waals surface area contributed by atoms with Crippen LogP contribution in [0.3, 0.4) is 0 Å². The Morgan fingerprint density at radius 2 is 1.87 bits per heavy atom. The fourth-order valence-electron chi connectivity index (χ4n) is 3.84. The van der Waals surface area contributed by atoms with Crippen molar-refractivity contribution in [1.82, 2.24) is 20.4 Å². The van der Waals surface area contributed by atoms with Crippen LogP contribution in [0.15, 0.2) is 23.2 Å². The molecule has 0 aliphatic carbocycles. The topological polar surface area (TPSA) is 61.4 Å². The summed E-state index contributed by atoms with van der Waals surface area (Å²) in [6, 6.07) is 7.23. The van der Waals surface area contributed by atoms with Gasteiger partial charge in [-0.3, -0.25) is 9.89 Å². The van der Waals surface area contributed by atoms with Crippen LogP contribution in [0.5, 0.6) is 11.5 Å². The van der Waals surface area contributed by atoms with Gasteiger partial charge in [0.1, 0.15) is 0 Å². The van der Waals surface area contributed by atoms with Crippen molar-refractivity contribution in [2.45, 2.75) is 38.9 Å². The SMILES string of the molecule is CN=C(NCC(c1ccc(OC)c(OC)c1)N(C)C)NC1CN(C(C)C)CC1C.I. The summed E-state index contributed by atoms with van der Waals surface area (Å²) >= 11 is 0. The molecule has 1 aromatic rings. The molecule has 0 amide bonds. The van der Waals surface area contributed by atoms with Gasteiger partial charge in [-0.2, -0.15) is 0 Å². The first-order chi connectivity index (χ1) is 13.8. The number of hydrogen-bond donors (Lipinski definition) is 2. The van der Waals surface area contributed by atoms with E-state index in [9.17, 15) is 0 Å². The second-order valence-corrected chi connectivity index (χ2v) is 8.32. The normalized spacial score (nSPS) is 20.8. The third kappa shape index (κ3) is 6.88. The number of benzene rings is 1. The molecule has 2 N–H and O–H groups in total. The van der Waals surface area contributed by atoms with Crippen LogP contribution in [0.1, 0.15) is 32.4 Å². The van der Waals surface area contributed by atoms with E-state index in [2.05, 4.69) is 66.4 Å². The van der Waals surface area contributed by atoms with E-state index in [0.29, 0.717) is 18.0 Å². The summed E-state index contributed by atoms with van der Waals surface area (Å²) < 4.78 is 10.8. The molecule has 30 heavy (non-hydrogen) atoms. The van der Waals surface area contributed by atoms with E-state index in [4.69, 9.17) is 9.47 Å². The molecule has 3 atom stereocenters. The Morgan fingerprint density at radius 1 is 1.20 bits per heavy atom. The molecule has 0 aromatic heterocycles. The zero-order valence-corrected chi connectivity index (χ0v) is 22.1. The molecule has 1 aromatic carbocycles. The van der Waals surface area contributed by atoms with E-state index < -0.39 is 0 Å². The average molecular weight is 533 g/mol. The fourth-order valence-corrected chi connectivity index (χ4v) is 3.84. The Hall–Kier alpha value is -1.26. The Labute approximate surface area is 199 Å². The summed E-state index contributed by atoms with van der Waals surface area (Å²) in [5.41, 5.74) is 1.16. The van der Waals surface area contributed by atoms with Crippen LogP contribution in [0.4, 0.5) is 0 Å². The molecule has 0 saturated carbocycles. The van der Waals surface area contributed by atoms with E-state index in [1.54, 1.807) is 14.2 Å². The molecule has 1 saturated heterocycles. The highest BCUT2D eigenvalue weighted by Gasteiger charge is 2.31. The highest BCUT2D eigenvalue weighted by molar-refractivity contribution is 14.0. The number of nitrogens with zero attached hydrogens (tertiary/aromatic N) is 3. The Balaban J connectivity index is 0.00000450. The standard InChI is InChI=1S/C22H39N5O2.HI/c1-15(2)27-13-16(3)18(14-27)25-22(23-4)24-12-19(26(5)6)17-9-10-20(28-7)21(11-17)29-8;/h9-11,15-16,18-19H,12-14H2,1-8H3,(H2,23,24,25);1H. The number of aliphatic imine (C=N–C) groups is 1. The van der Waals surface area contributed by atoms with Gasteiger partial charge in [-0.05, 0) is 51.6 Å². The average Bonchev–Trinajstić information content (AvgIpc) is 3.07. The molecule has 3 unspecified atom stereocenters. The van der Waals surface area contributed by atoms with E-state index in [-0.39, 0.29) is 30.0 Å². The van der Waals surface area contributed by atoms with Gasteiger partial charge in [-0.1, -0.05) is 13.0 Å². The van der Waals surface area contributed by atoms with Crippen LogP contribution >= 0.6 is 24.0 Å². The van der Waals surface area contributed by atoms with Crippen molar-refractivity contribution in [3.8, 4) is 11.5 Å². The Bertz CT molecular complexity index is 683. The van der Waals surface area contributed by atoms with E-state index in [0.717, 1.165) is 42.7 Å². The highest BCUT2D eigenvalue weighted by atomic mass is 127. The van der Waals surface area contributed by atoms with Crippen molar-refractivity contribution < 1.29 is 9.47 Å². The molecular formula is C22H40IN5O2. The van der Waals surface area contributed by atoms with Crippen molar-refractivity contribution in [3.63, 3.8) is 0 Å². The lowest BCUT2D eigenvalue weighted by Crippen LogP contribution is -2.48. The summed E-state index contributed by atoms with van der Waals surface area (Å²) in [7, 11) is 9.32. The number of hydrogen-bond acceptors (Lipinski definition) is 5. The van der Waals surface area contributed by atoms with Gasteiger partial charge in [0, 0.05) is 38.8 Å². The number of nitrogens with one attached hydrogen (secondary N) is 2. The molecule has 1 heterocycles. The number of likely N-dealkylation sites (N-methyl/N-ethyl adjacent to an activating group) is 1. The molecule has 7 nitrogen and oxygen atoms in total. The minimum atomic E-state index is 0. The molecule has 0 bridgehead atoms. The number of methoxy groups -OCH3 is 2. The summed E-state index contributed by atoms with van der Waals surface area (Å²) in [6.45, 7) is 9.72. The lowest BCUT2D eigenvalue weighted by molar-refractivity contribution is 0.265. The Morgan fingerprint density at radius 3 is 2.37 bits per heavy atom. The molecule has 0 radical (unpaired) electrons. The predicted octanol–water partition coefficient (Wildman–Crippen LogP) is 2.82. The molecule has 1 fully saturated rings. The van der Waals surface area contributed by atoms with Crippen molar-refractivity contribution in [2.75, 3.05) is 55.0 Å². The third-order valence-electron chi connectivity index (χ3n) is 5.80. The first-order valence-electron chi connectivity index (χ1n) is 10.4.